The quantitative estimate of drug-likeness (QED) is 0.617. The minimum atomic E-state index is -3.56. The molecule has 32 heavy (non-hydrogen) atoms. The molecule has 0 unspecified atom stereocenters. The van der Waals surface area contributed by atoms with Crippen LogP contribution in [0.4, 0.5) is 0 Å². The van der Waals surface area contributed by atoms with Crippen LogP contribution in [0.1, 0.15) is 47.8 Å². The van der Waals surface area contributed by atoms with Gasteiger partial charge in [-0.15, -0.1) is 0 Å². The lowest BCUT2D eigenvalue weighted by Crippen LogP contribution is -2.30. The van der Waals surface area contributed by atoms with Crippen molar-refractivity contribution in [2.75, 3.05) is 14.1 Å². The number of hydrogen-bond acceptors (Lipinski definition) is 5. The molecule has 1 aliphatic carbocycles. The minimum absolute atomic E-state index is 0.0905. The number of benzene rings is 2. The molecule has 1 saturated carbocycles. The lowest BCUT2D eigenvalue weighted by atomic mass is 10.1. The molecular weight excluding hydrogens is 428 g/mol. The number of rotatable bonds is 6. The molecule has 0 bridgehead atoms. The van der Waals surface area contributed by atoms with Crippen LogP contribution < -0.4 is 10.9 Å². The Morgan fingerprint density at radius 1 is 1.06 bits per heavy atom. The number of carbonyl (C=O) groups is 1. The second kappa shape index (κ2) is 8.84. The maximum atomic E-state index is 12.9. The summed E-state index contributed by atoms with van der Waals surface area (Å²) in [5.41, 5.74) is 0.878. The molecule has 3 aromatic rings. The Hall–Kier alpha value is -3.04. The zero-order valence-corrected chi connectivity index (χ0v) is 18.9. The first-order valence-corrected chi connectivity index (χ1v) is 12.0. The summed E-state index contributed by atoms with van der Waals surface area (Å²) in [5.74, 6) is -0.344. The third kappa shape index (κ3) is 4.18. The Bertz CT molecular complexity index is 1310. The van der Waals surface area contributed by atoms with E-state index in [-0.39, 0.29) is 28.9 Å². The van der Waals surface area contributed by atoms with Gasteiger partial charge < -0.3 is 5.32 Å². The van der Waals surface area contributed by atoms with E-state index in [1.807, 2.05) is 18.2 Å². The Morgan fingerprint density at radius 3 is 2.31 bits per heavy atom. The first-order chi connectivity index (χ1) is 15.3. The van der Waals surface area contributed by atoms with E-state index in [1.54, 1.807) is 10.7 Å². The van der Waals surface area contributed by atoms with E-state index in [9.17, 15) is 18.0 Å². The molecule has 1 heterocycles. The number of hydrogen-bond donors (Lipinski definition) is 1. The van der Waals surface area contributed by atoms with Gasteiger partial charge in [0.1, 0.15) is 0 Å². The summed E-state index contributed by atoms with van der Waals surface area (Å²) >= 11 is 0. The predicted molar refractivity (Wildman–Crippen MR) is 122 cm³/mol. The van der Waals surface area contributed by atoms with E-state index in [0.717, 1.165) is 35.4 Å². The van der Waals surface area contributed by atoms with Gasteiger partial charge in [-0.3, -0.25) is 9.59 Å². The fraction of sp³-hybridized carbons (Fsp3) is 0.348. The Labute approximate surface area is 186 Å². The van der Waals surface area contributed by atoms with Gasteiger partial charge in [-0.25, -0.2) is 17.4 Å². The molecule has 1 fully saturated rings. The molecule has 0 aliphatic heterocycles. The van der Waals surface area contributed by atoms with Gasteiger partial charge in [-0.2, -0.15) is 5.10 Å². The van der Waals surface area contributed by atoms with Gasteiger partial charge in [-0.1, -0.05) is 31.0 Å². The van der Waals surface area contributed by atoms with Crippen molar-refractivity contribution in [3.05, 3.63) is 70.1 Å². The molecule has 1 amide bonds. The highest BCUT2D eigenvalue weighted by molar-refractivity contribution is 7.89. The molecular formula is C23H26N4O4S. The summed E-state index contributed by atoms with van der Waals surface area (Å²) in [6, 6.07) is 13.2. The van der Waals surface area contributed by atoms with Crippen LogP contribution in [0.5, 0.6) is 0 Å². The maximum Gasteiger partial charge on any atom is 0.274 e. The zero-order valence-electron chi connectivity index (χ0n) is 18.1. The highest BCUT2D eigenvalue weighted by atomic mass is 32.2. The molecule has 1 aromatic heterocycles. The molecule has 0 saturated heterocycles. The highest BCUT2D eigenvalue weighted by Gasteiger charge is 2.22. The predicted octanol–water partition coefficient (Wildman–Crippen LogP) is 2.69. The van der Waals surface area contributed by atoms with Crippen LogP contribution in [0.2, 0.25) is 0 Å². The van der Waals surface area contributed by atoms with Crippen LogP contribution in [0, 0.1) is 0 Å². The largest absolute Gasteiger partial charge is 0.346 e. The lowest BCUT2D eigenvalue weighted by Gasteiger charge is -2.16. The number of nitrogens with zero attached hydrogens (tertiary/aromatic N) is 3. The molecule has 4 rings (SSSR count). The highest BCUT2D eigenvalue weighted by Crippen LogP contribution is 2.28. The van der Waals surface area contributed by atoms with E-state index in [1.165, 1.54) is 38.4 Å². The second-order valence-electron chi connectivity index (χ2n) is 8.17. The van der Waals surface area contributed by atoms with Crippen molar-refractivity contribution in [1.29, 1.82) is 0 Å². The SMILES string of the molecule is CN(C)S(=O)(=O)c1ccc(C(=O)NCc2nn(C3CCCC3)c(=O)c3ccccc23)cc1. The van der Waals surface area contributed by atoms with E-state index in [0.29, 0.717) is 16.6 Å². The summed E-state index contributed by atoms with van der Waals surface area (Å²) in [6.07, 6.45) is 4.02. The summed E-state index contributed by atoms with van der Waals surface area (Å²) in [5, 5.41) is 8.78. The normalized spacial score (nSPS) is 14.8. The van der Waals surface area contributed by atoms with Crippen molar-refractivity contribution in [1.82, 2.24) is 19.4 Å². The summed E-state index contributed by atoms with van der Waals surface area (Å²) in [7, 11) is -0.643. The zero-order chi connectivity index (χ0) is 22.9. The Kier molecular flexibility index (Phi) is 6.12. The van der Waals surface area contributed by atoms with Gasteiger partial charge in [0, 0.05) is 25.0 Å². The van der Waals surface area contributed by atoms with Gasteiger partial charge in [0.15, 0.2) is 0 Å². The van der Waals surface area contributed by atoms with Crippen molar-refractivity contribution in [3.63, 3.8) is 0 Å². The van der Waals surface area contributed by atoms with Gasteiger partial charge in [0.2, 0.25) is 10.0 Å². The molecule has 8 nitrogen and oxygen atoms in total. The van der Waals surface area contributed by atoms with Crippen LogP contribution in [-0.2, 0) is 16.6 Å². The van der Waals surface area contributed by atoms with Crippen molar-refractivity contribution in [2.24, 2.45) is 0 Å². The van der Waals surface area contributed by atoms with Crippen molar-refractivity contribution >= 4 is 26.7 Å². The first kappa shape index (κ1) is 22.2. The standard InChI is InChI=1S/C23H26N4O4S/c1-26(2)32(30,31)18-13-11-16(12-14-18)22(28)24-15-21-19-9-5-6-10-20(19)23(29)27(25-21)17-7-3-4-8-17/h5-6,9-14,17H,3-4,7-8,15H2,1-2H3,(H,24,28). The average Bonchev–Trinajstić information content (AvgIpc) is 3.33. The maximum absolute atomic E-state index is 12.9. The van der Waals surface area contributed by atoms with Crippen molar-refractivity contribution < 1.29 is 13.2 Å². The van der Waals surface area contributed by atoms with Crippen LogP contribution in [-0.4, -0.2) is 42.5 Å². The molecule has 1 N–H and O–H groups in total. The number of fused-ring (bicyclic) bond motifs is 1. The average molecular weight is 455 g/mol. The summed E-state index contributed by atoms with van der Waals surface area (Å²) < 4.78 is 27.1. The molecule has 0 atom stereocenters. The van der Waals surface area contributed by atoms with E-state index < -0.39 is 10.0 Å². The molecule has 0 radical (unpaired) electrons. The lowest BCUT2D eigenvalue weighted by molar-refractivity contribution is 0.0950. The fourth-order valence-corrected chi connectivity index (χ4v) is 4.96. The minimum Gasteiger partial charge on any atom is -0.346 e. The van der Waals surface area contributed by atoms with Crippen LogP contribution in [0.15, 0.2) is 58.2 Å². The molecule has 9 heteroatoms. The van der Waals surface area contributed by atoms with Crippen LogP contribution >= 0.6 is 0 Å². The monoisotopic (exact) mass is 454 g/mol. The van der Waals surface area contributed by atoms with Gasteiger partial charge in [-0.05, 0) is 43.2 Å². The number of carbonyl (C=O) groups excluding carboxylic acids is 1. The summed E-state index contributed by atoms with van der Waals surface area (Å²) in [6.45, 7) is 0.157. The first-order valence-electron chi connectivity index (χ1n) is 10.6. The molecule has 2 aromatic carbocycles. The summed E-state index contributed by atoms with van der Waals surface area (Å²) in [4.78, 5) is 25.8. The number of nitrogens with one attached hydrogen (secondary N) is 1. The van der Waals surface area contributed by atoms with Gasteiger partial charge in [0.05, 0.1) is 28.6 Å². The second-order valence-corrected chi connectivity index (χ2v) is 10.3. The van der Waals surface area contributed by atoms with Crippen LogP contribution in [0.3, 0.4) is 0 Å². The number of sulfonamides is 1. The Balaban J connectivity index is 1.58. The van der Waals surface area contributed by atoms with Crippen molar-refractivity contribution in [3.8, 4) is 0 Å². The topological polar surface area (TPSA) is 101 Å². The van der Waals surface area contributed by atoms with Crippen LogP contribution in [0.25, 0.3) is 10.8 Å². The number of aromatic nitrogens is 2. The third-order valence-electron chi connectivity index (χ3n) is 5.89. The Morgan fingerprint density at radius 2 is 1.69 bits per heavy atom. The molecule has 168 valence electrons. The van der Waals surface area contributed by atoms with E-state index in [4.69, 9.17) is 0 Å². The van der Waals surface area contributed by atoms with Crippen molar-refractivity contribution in [2.45, 2.75) is 43.2 Å². The van der Waals surface area contributed by atoms with Gasteiger partial charge >= 0.3 is 0 Å². The van der Waals surface area contributed by atoms with Gasteiger partial charge in [0.25, 0.3) is 11.5 Å². The fourth-order valence-electron chi connectivity index (χ4n) is 4.06. The smallest absolute Gasteiger partial charge is 0.274 e. The third-order valence-corrected chi connectivity index (χ3v) is 7.72. The molecule has 0 spiro atoms. The number of amides is 1. The van der Waals surface area contributed by atoms with E-state index in [2.05, 4.69) is 10.4 Å². The van der Waals surface area contributed by atoms with E-state index >= 15 is 0 Å². The molecule has 1 aliphatic rings.